The van der Waals surface area contributed by atoms with Crippen LogP contribution in [-0.2, 0) is 31.0 Å². The first-order valence-electron chi connectivity index (χ1n) is 9.70. The fourth-order valence-electron chi connectivity index (χ4n) is 3.92. The van der Waals surface area contributed by atoms with E-state index in [1.165, 1.54) is 7.11 Å². The topological polar surface area (TPSA) is 149 Å². The van der Waals surface area contributed by atoms with Gasteiger partial charge < -0.3 is 35.9 Å². The van der Waals surface area contributed by atoms with Crippen LogP contribution in [0.2, 0.25) is 0 Å². The Balaban J connectivity index is 2.33. The van der Waals surface area contributed by atoms with Gasteiger partial charge >= 0.3 is 5.97 Å². The highest BCUT2D eigenvalue weighted by Crippen LogP contribution is 2.47. The van der Waals surface area contributed by atoms with Gasteiger partial charge in [0.1, 0.15) is 5.69 Å². The number of nitrogens with two attached hydrogens (primary N) is 1. The van der Waals surface area contributed by atoms with E-state index in [1.807, 2.05) is 0 Å². The molecule has 1 fully saturated rings. The van der Waals surface area contributed by atoms with Crippen LogP contribution in [0.3, 0.4) is 0 Å². The smallest absolute Gasteiger partial charge is 0.354 e. The van der Waals surface area contributed by atoms with E-state index in [2.05, 4.69) is 4.98 Å². The van der Waals surface area contributed by atoms with Crippen molar-refractivity contribution in [2.24, 2.45) is 11.7 Å². The summed E-state index contributed by atoms with van der Waals surface area (Å²) in [6.45, 7) is -0.709. The molecule has 2 aromatic rings. The summed E-state index contributed by atoms with van der Waals surface area (Å²) < 4.78 is 4.91. The number of aromatic nitrogens is 1. The highest BCUT2D eigenvalue weighted by Gasteiger charge is 2.38. The number of carbonyl (C=O) groups is 1. The molecule has 0 amide bonds. The van der Waals surface area contributed by atoms with Crippen molar-refractivity contribution < 1.29 is 30.0 Å². The van der Waals surface area contributed by atoms with E-state index in [0.717, 1.165) is 12.8 Å². The summed E-state index contributed by atoms with van der Waals surface area (Å²) in [5.41, 5.74) is 9.58. The quantitative estimate of drug-likeness (QED) is 0.340. The second-order valence-electron chi connectivity index (χ2n) is 7.28. The normalized spacial score (nSPS) is 14.8. The maximum atomic E-state index is 12.4. The van der Waals surface area contributed by atoms with E-state index in [-0.39, 0.29) is 31.4 Å². The number of H-pyrrole nitrogens is 1. The molecular formula is C21H28N2O6. The summed E-state index contributed by atoms with van der Waals surface area (Å²) in [4.78, 5) is 15.5. The molecule has 8 heteroatoms. The third-order valence-electron chi connectivity index (χ3n) is 5.55. The van der Waals surface area contributed by atoms with Crippen molar-refractivity contribution in [2.45, 2.75) is 45.2 Å². The minimum Gasteiger partial charge on any atom is -0.464 e. The molecule has 1 heterocycles. The third kappa shape index (κ3) is 3.94. The SMILES string of the molecule is COC(=O)c1[nH]c(CCN)c(-c2ccc(CO)c(CO)c2CO)c1C(O)C1CC1. The van der Waals surface area contributed by atoms with Crippen LogP contribution in [0.25, 0.3) is 11.1 Å². The van der Waals surface area contributed by atoms with Crippen molar-refractivity contribution in [1.29, 1.82) is 0 Å². The van der Waals surface area contributed by atoms with Crippen molar-refractivity contribution in [2.75, 3.05) is 13.7 Å². The monoisotopic (exact) mass is 404 g/mol. The van der Waals surface area contributed by atoms with Crippen LogP contribution in [-0.4, -0.2) is 45.0 Å². The Morgan fingerprint density at radius 2 is 1.90 bits per heavy atom. The van der Waals surface area contributed by atoms with E-state index >= 15 is 0 Å². The summed E-state index contributed by atoms with van der Waals surface area (Å²) in [5, 5.41) is 40.5. The maximum absolute atomic E-state index is 12.4. The molecule has 1 aliphatic carbocycles. The Kier molecular flexibility index (Phi) is 6.71. The van der Waals surface area contributed by atoms with Gasteiger partial charge in [0.25, 0.3) is 0 Å². The number of carbonyl (C=O) groups excluding carboxylic acids is 1. The molecule has 0 saturated heterocycles. The number of esters is 1. The first kappa shape index (κ1) is 21.5. The lowest BCUT2D eigenvalue weighted by Gasteiger charge is -2.19. The number of aliphatic hydroxyl groups excluding tert-OH is 4. The zero-order chi connectivity index (χ0) is 21.1. The Labute approximate surface area is 168 Å². The van der Waals surface area contributed by atoms with Crippen LogP contribution in [0.1, 0.15) is 57.4 Å². The molecule has 0 spiro atoms. The van der Waals surface area contributed by atoms with Crippen molar-refractivity contribution in [3.8, 4) is 11.1 Å². The van der Waals surface area contributed by atoms with Gasteiger partial charge in [-0.2, -0.15) is 0 Å². The number of ether oxygens (including phenoxy) is 1. The molecule has 0 aliphatic heterocycles. The second kappa shape index (κ2) is 9.06. The van der Waals surface area contributed by atoms with Crippen molar-refractivity contribution in [3.05, 3.63) is 45.8 Å². The number of aromatic amines is 1. The second-order valence-corrected chi connectivity index (χ2v) is 7.28. The molecule has 1 saturated carbocycles. The third-order valence-corrected chi connectivity index (χ3v) is 5.55. The van der Waals surface area contributed by atoms with E-state index in [9.17, 15) is 25.2 Å². The van der Waals surface area contributed by atoms with E-state index in [1.54, 1.807) is 12.1 Å². The average Bonchev–Trinajstić information content (AvgIpc) is 3.53. The van der Waals surface area contributed by atoms with Crippen LogP contribution in [0.4, 0.5) is 0 Å². The number of aliphatic hydroxyl groups is 4. The van der Waals surface area contributed by atoms with Crippen LogP contribution in [0, 0.1) is 5.92 Å². The van der Waals surface area contributed by atoms with Gasteiger partial charge in [0.15, 0.2) is 0 Å². The minimum absolute atomic E-state index is 0.0466. The van der Waals surface area contributed by atoms with E-state index in [0.29, 0.717) is 52.0 Å². The lowest BCUT2D eigenvalue weighted by molar-refractivity contribution is 0.0585. The number of methoxy groups -OCH3 is 1. The fraction of sp³-hybridized carbons (Fsp3) is 0.476. The Morgan fingerprint density at radius 1 is 1.21 bits per heavy atom. The summed E-state index contributed by atoms with van der Waals surface area (Å²) in [7, 11) is 1.28. The molecule has 158 valence electrons. The summed E-state index contributed by atoms with van der Waals surface area (Å²) >= 11 is 0. The van der Waals surface area contributed by atoms with Crippen LogP contribution in [0.5, 0.6) is 0 Å². The molecule has 1 aromatic heterocycles. The molecule has 0 radical (unpaired) electrons. The molecular weight excluding hydrogens is 376 g/mol. The fourth-order valence-corrected chi connectivity index (χ4v) is 3.92. The highest BCUT2D eigenvalue weighted by molar-refractivity contribution is 5.94. The molecule has 1 atom stereocenters. The molecule has 3 rings (SSSR count). The molecule has 1 aliphatic rings. The maximum Gasteiger partial charge on any atom is 0.354 e. The Hall–Kier alpha value is -2.23. The van der Waals surface area contributed by atoms with Crippen molar-refractivity contribution in [3.63, 3.8) is 0 Å². The summed E-state index contributed by atoms with van der Waals surface area (Å²) in [6.07, 6.45) is 1.26. The lowest BCUT2D eigenvalue weighted by atomic mass is 9.87. The van der Waals surface area contributed by atoms with Gasteiger partial charge in [-0.3, -0.25) is 0 Å². The molecule has 1 aromatic carbocycles. The van der Waals surface area contributed by atoms with Gasteiger partial charge in [-0.05, 0) is 47.6 Å². The van der Waals surface area contributed by atoms with Crippen molar-refractivity contribution in [1.82, 2.24) is 4.98 Å². The van der Waals surface area contributed by atoms with Gasteiger partial charge in [-0.1, -0.05) is 12.1 Å². The molecule has 0 bridgehead atoms. The number of rotatable bonds is 9. The zero-order valence-electron chi connectivity index (χ0n) is 16.4. The number of hydrogen-bond acceptors (Lipinski definition) is 7. The number of nitrogens with one attached hydrogen (secondary N) is 1. The van der Waals surface area contributed by atoms with Crippen LogP contribution in [0.15, 0.2) is 12.1 Å². The Bertz CT molecular complexity index is 888. The minimum atomic E-state index is -0.872. The van der Waals surface area contributed by atoms with Gasteiger partial charge in [0, 0.05) is 23.2 Å². The molecule has 29 heavy (non-hydrogen) atoms. The standard InChI is InChI=1S/C21H28N2O6/c1-29-21(28)19-18(20(27)11-2-3-11)17(16(23-19)6-7-22)13-5-4-12(8-24)14(9-25)15(13)10-26/h4-5,11,20,23-27H,2-3,6-10,22H2,1H3. The first-order chi connectivity index (χ1) is 14.0. The van der Waals surface area contributed by atoms with Crippen LogP contribution < -0.4 is 5.73 Å². The highest BCUT2D eigenvalue weighted by atomic mass is 16.5. The predicted octanol–water partition coefficient (Wildman–Crippen LogP) is 0.890. The summed E-state index contributed by atoms with van der Waals surface area (Å²) in [5.74, 6) is -0.547. The van der Waals surface area contributed by atoms with Crippen molar-refractivity contribution >= 4 is 5.97 Å². The van der Waals surface area contributed by atoms with Gasteiger partial charge in [0.05, 0.1) is 33.0 Å². The van der Waals surface area contributed by atoms with Gasteiger partial charge in [-0.25, -0.2) is 4.79 Å². The molecule has 7 N–H and O–H groups in total. The van der Waals surface area contributed by atoms with E-state index in [4.69, 9.17) is 10.5 Å². The molecule has 1 unspecified atom stereocenters. The van der Waals surface area contributed by atoms with E-state index < -0.39 is 12.1 Å². The van der Waals surface area contributed by atoms with Gasteiger partial charge in [-0.15, -0.1) is 0 Å². The summed E-state index contributed by atoms with van der Waals surface area (Å²) in [6, 6.07) is 3.40. The zero-order valence-corrected chi connectivity index (χ0v) is 16.4. The van der Waals surface area contributed by atoms with Gasteiger partial charge in [0.2, 0.25) is 0 Å². The average molecular weight is 404 g/mol. The molecule has 8 nitrogen and oxygen atoms in total. The largest absolute Gasteiger partial charge is 0.464 e. The first-order valence-corrected chi connectivity index (χ1v) is 9.70. The predicted molar refractivity (Wildman–Crippen MR) is 106 cm³/mol. The lowest BCUT2D eigenvalue weighted by Crippen LogP contribution is -2.11. The number of benzene rings is 1. The number of hydrogen-bond donors (Lipinski definition) is 6. The van der Waals surface area contributed by atoms with Crippen LogP contribution >= 0.6 is 0 Å². The Morgan fingerprint density at radius 3 is 2.41 bits per heavy atom.